The van der Waals surface area contributed by atoms with Crippen LogP contribution in [0.5, 0.6) is 0 Å². The van der Waals surface area contributed by atoms with Gasteiger partial charge in [0.1, 0.15) is 0 Å². The molecule has 0 atom stereocenters. The number of nitrogens with one attached hydrogen (secondary N) is 1. The number of anilines is 1. The molecule has 1 amide bonds. The fraction of sp³-hybridized carbons (Fsp3) is 0.190. The fourth-order valence-corrected chi connectivity index (χ4v) is 4.93. The van der Waals surface area contributed by atoms with Crippen molar-refractivity contribution in [1.82, 2.24) is 14.8 Å². The van der Waals surface area contributed by atoms with Gasteiger partial charge in [-0.25, -0.2) is 13.4 Å². The van der Waals surface area contributed by atoms with Crippen LogP contribution in [0.3, 0.4) is 0 Å². The van der Waals surface area contributed by atoms with E-state index in [4.69, 9.17) is 11.6 Å². The van der Waals surface area contributed by atoms with Crippen molar-refractivity contribution in [2.24, 2.45) is 0 Å². The summed E-state index contributed by atoms with van der Waals surface area (Å²) in [7, 11) is -3.31. The van der Waals surface area contributed by atoms with E-state index in [1.54, 1.807) is 24.3 Å². The lowest BCUT2D eigenvalue weighted by atomic mass is 10.1. The predicted octanol–water partition coefficient (Wildman–Crippen LogP) is 4.47. The molecule has 0 bridgehead atoms. The van der Waals surface area contributed by atoms with Gasteiger partial charge in [-0.3, -0.25) is 14.8 Å². The highest BCUT2D eigenvalue weighted by Gasteiger charge is 2.14. The van der Waals surface area contributed by atoms with Gasteiger partial charge in [0.25, 0.3) is 5.91 Å². The summed E-state index contributed by atoms with van der Waals surface area (Å²) in [5, 5.41) is 8.27. The number of nitrogens with zero attached hydrogens (tertiary/aromatic N) is 3. The van der Waals surface area contributed by atoms with Crippen molar-refractivity contribution in [2.75, 3.05) is 11.6 Å². The van der Waals surface area contributed by atoms with Gasteiger partial charge in [0.2, 0.25) is 0 Å². The van der Waals surface area contributed by atoms with E-state index in [2.05, 4.69) is 15.4 Å². The van der Waals surface area contributed by atoms with Crippen LogP contribution in [0.1, 0.15) is 27.3 Å². The van der Waals surface area contributed by atoms with Crippen LogP contribution in [0.2, 0.25) is 5.02 Å². The molecule has 31 heavy (non-hydrogen) atoms. The summed E-state index contributed by atoms with van der Waals surface area (Å²) in [6.07, 6.45) is 1.16. The second kappa shape index (κ2) is 8.07. The van der Waals surface area contributed by atoms with Gasteiger partial charge >= 0.3 is 0 Å². The zero-order valence-corrected chi connectivity index (χ0v) is 19.4. The van der Waals surface area contributed by atoms with Crippen molar-refractivity contribution in [1.29, 1.82) is 0 Å². The second-order valence-corrected chi connectivity index (χ2v) is 10.6. The van der Waals surface area contributed by atoms with E-state index in [0.717, 1.165) is 23.2 Å². The summed E-state index contributed by atoms with van der Waals surface area (Å²) in [6, 6.07) is 12.0. The molecular formula is C21H19ClN4O3S2. The summed E-state index contributed by atoms with van der Waals surface area (Å²) in [5.41, 5.74) is 3.67. The number of sulfone groups is 1. The van der Waals surface area contributed by atoms with Crippen LogP contribution in [0.15, 0.2) is 47.4 Å². The van der Waals surface area contributed by atoms with Crippen molar-refractivity contribution in [2.45, 2.75) is 25.3 Å². The Kier molecular flexibility index (Phi) is 5.59. The fourth-order valence-electron chi connectivity index (χ4n) is 3.17. The quantitative estimate of drug-likeness (QED) is 0.460. The Morgan fingerprint density at radius 3 is 2.65 bits per heavy atom. The normalized spacial score (nSPS) is 11.7. The maximum absolute atomic E-state index is 12.8. The molecule has 0 saturated heterocycles. The molecular weight excluding hydrogens is 456 g/mol. The monoisotopic (exact) mass is 474 g/mol. The smallest absolute Gasteiger partial charge is 0.257 e. The standard InChI is InChI=1S/C21H19ClN4O3S2/c1-12-19(22)13(2)26(25-12)11-14-5-4-6-15(9-14)20(27)24-21-23-17-8-7-16(31(3,28)29)10-18(17)30-21/h4-10H,11H2,1-3H3,(H,23,24,27). The molecule has 2 aromatic carbocycles. The van der Waals surface area contributed by atoms with E-state index >= 15 is 0 Å². The number of carbonyl (C=O) groups excluding carboxylic acids is 1. The average Bonchev–Trinajstić information content (AvgIpc) is 3.22. The Labute approximate surface area is 188 Å². The summed E-state index contributed by atoms with van der Waals surface area (Å²) < 4.78 is 26.0. The van der Waals surface area contributed by atoms with Gasteiger partial charge < -0.3 is 0 Å². The van der Waals surface area contributed by atoms with Crippen LogP contribution in [0.4, 0.5) is 5.13 Å². The van der Waals surface area contributed by atoms with Crippen molar-refractivity contribution in [3.05, 3.63) is 70.0 Å². The molecule has 0 aliphatic heterocycles. The van der Waals surface area contributed by atoms with Gasteiger partial charge in [-0.05, 0) is 49.7 Å². The molecule has 7 nitrogen and oxygen atoms in total. The van der Waals surface area contributed by atoms with Gasteiger partial charge in [0.05, 0.1) is 38.1 Å². The number of aryl methyl sites for hydroxylation is 1. The van der Waals surface area contributed by atoms with Gasteiger partial charge in [0, 0.05) is 11.8 Å². The van der Waals surface area contributed by atoms with E-state index in [9.17, 15) is 13.2 Å². The zero-order chi connectivity index (χ0) is 22.3. The third-order valence-corrected chi connectivity index (χ3v) is 7.41. The molecule has 0 spiro atoms. The lowest BCUT2D eigenvalue weighted by molar-refractivity contribution is 0.102. The van der Waals surface area contributed by atoms with Crippen LogP contribution in [0, 0.1) is 13.8 Å². The zero-order valence-electron chi connectivity index (χ0n) is 17.0. The summed E-state index contributed by atoms with van der Waals surface area (Å²) in [5.74, 6) is -0.296. The van der Waals surface area contributed by atoms with E-state index in [1.807, 2.05) is 30.7 Å². The number of thiazole rings is 1. The SMILES string of the molecule is Cc1nn(Cc2cccc(C(=O)Nc3nc4ccc(S(C)(=O)=O)cc4s3)c2)c(C)c1Cl. The lowest BCUT2D eigenvalue weighted by Crippen LogP contribution is -2.12. The molecule has 2 heterocycles. The second-order valence-electron chi connectivity index (χ2n) is 7.22. The number of amides is 1. The van der Waals surface area contributed by atoms with Crippen molar-refractivity contribution in [3.8, 4) is 0 Å². The number of benzene rings is 2. The van der Waals surface area contributed by atoms with Crippen LogP contribution < -0.4 is 5.32 Å². The Bertz CT molecular complexity index is 1420. The minimum Gasteiger partial charge on any atom is -0.298 e. The van der Waals surface area contributed by atoms with E-state index in [1.165, 1.54) is 17.4 Å². The highest BCUT2D eigenvalue weighted by atomic mass is 35.5. The first-order valence-corrected chi connectivity index (χ1v) is 12.4. The molecule has 10 heteroatoms. The largest absolute Gasteiger partial charge is 0.298 e. The summed E-state index contributed by atoms with van der Waals surface area (Å²) >= 11 is 7.45. The molecule has 4 aromatic rings. The van der Waals surface area contributed by atoms with E-state index < -0.39 is 9.84 Å². The Hall–Kier alpha value is -2.75. The Balaban J connectivity index is 1.55. The number of fused-ring (bicyclic) bond motifs is 1. The Morgan fingerprint density at radius 2 is 1.97 bits per heavy atom. The molecule has 0 fully saturated rings. The molecule has 160 valence electrons. The Morgan fingerprint density at radius 1 is 1.19 bits per heavy atom. The first-order valence-electron chi connectivity index (χ1n) is 9.32. The first kappa shape index (κ1) is 21.5. The van der Waals surface area contributed by atoms with E-state index in [0.29, 0.717) is 32.5 Å². The molecule has 0 unspecified atom stereocenters. The number of halogens is 1. The van der Waals surface area contributed by atoms with Crippen LogP contribution in [-0.2, 0) is 16.4 Å². The van der Waals surface area contributed by atoms with Gasteiger partial charge in [0.15, 0.2) is 15.0 Å². The van der Waals surface area contributed by atoms with Crippen molar-refractivity contribution >= 4 is 54.0 Å². The highest BCUT2D eigenvalue weighted by Crippen LogP contribution is 2.28. The molecule has 0 aliphatic rings. The van der Waals surface area contributed by atoms with Crippen molar-refractivity contribution < 1.29 is 13.2 Å². The van der Waals surface area contributed by atoms with E-state index in [-0.39, 0.29) is 10.8 Å². The maximum atomic E-state index is 12.8. The van der Waals surface area contributed by atoms with Gasteiger partial charge in [-0.15, -0.1) is 0 Å². The molecule has 0 radical (unpaired) electrons. The summed E-state index contributed by atoms with van der Waals surface area (Å²) in [6.45, 7) is 4.25. The molecule has 0 saturated carbocycles. The number of carbonyl (C=O) groups is 1. The van der Waals surface area contributed by atoms with Gasteiger partial charge in [-0.1, -0.05) is 35.1 Å². The molecule has 1 N–H and O–H groups in total. The minimum absolute atomic E-state index is 0.221. The molecule has 4 rings (SSSR count). The predicted molar refractivity (Wildman–Crippen MR) is 123 cm³/mol. The summed E-state index contributed by atoms with van der Waals surface area (Å²) in [4.78, 5) is 17.4. The third-order valence-electron chi connectivity index (χ3n) is 4.82. The van der Waals surface area contributed by atoms with Crippen molar-refractivity contribution in [3.63, 3.8) is 0 Å². The molecule has 2 aromatic heterocycles. The third kappa shape index (κ3) is 4.48. The average molecular weight is 475 g/mol. The van der Waals surface area contributed by atoms with Crippen LogP contribution in [-0.4, -0.2) is 35.3 Å². The van der Waals surface area contributed by atoms with Crippen LogP contribution in [0.25, 0.3) is 10.2 Å². The first-order chi connectivity index (χ1) is 14.6. The van der Waals surface area contributed by atoms with Gasteiger partial charge in [-0.2, -0.15) is 5.10 Å². The minimum atomic E-state index is -3.31. The number of hydrogen-bond acceptors (Lipinski definition) is 6. The molecule has 0 aliphatic carbocycles. The highest BCUT2D eigenvalue weighted by molar-refractivity contribution is 7.90. The van der Waals surface area contributed by atoms with Crippen LogP contribution >= 0.6 is 22.9 Å². The maximum Gasteiger partial charge on any atom is 0.257 e. The lowest BCUT2D eigenvalue weighted by Gasteiger charge is -2.07. The number of aromatic nitrogens is 3. The topological polar surface area (TPSA) is 93.9 Å². The number of rotatable bonds is 5. The number of hydrogen-bond donors (Lipinski definition) is 1.